The van der Waals surface area contributed by atoms with E-state index in [2.05, 4.69) is 5.32 Å². The minimum atomic E-state index is -4.01. The van der Waals surface area contributed by atoms with Gasteiger partial charge >= 0.3 is 0 Å². The van der Waals surface area contributed by atoms with Gasteiger partial charge in [-0.05, 0) is 6.42 Å². The third-order valence-corrected chi connectivity index (χ3v) is 2.55. The van der Waals surface area contributed by atoms with Crippen LogP contribution in [0.3, 0.4) is 0 Å². The Morgan fingerprint density at radius 1 is 1.50 bits per heavy atom. The minimum absolute atomic E-state index is 0.283. The van der Waals surface area contributed by atoms with Crippen LogP contribution in [0.2, 0.25) is 0 Å². The molecule has 14 heavy (non-hydrogen) atoms. The van der Waals surface area contributed by atoms with E-state index in [1.165, 1.54) is 6.92 Å². The Balaban J connectivity index is 4.17. The summed E-state index contributed by atoms with van der Waals surface area (Å²) in [6, 6.07) is -0.484. The molecule has 0 heterocycles. The highest BCUT2D eigenvalue weighted by Crippen LogP contribution is 2.03. The van der Waals surface area contributed by atoms with E-state index in [0.717, 1.165) is 12.8 Å². The zero-order valence-electron chi connectivity index (χ0n) is 8.49. The molecule has 0 aliphatic rings. The first-order chi connectivity index (χ1) is 6.35. The second-order valence-electron chi connectivity index (χ2n) is 3.29. The van der Waals surface area contributed by atoms with Gasteiger partial charge in [0.25, 0.3) is 10.1 Å². The molecule has 1 atom stereocenters. The number of amides is 1. The molecule has 0 aliphatic carbocycles. The van der Waals surface area contributed by atoms with Crippen LogP contribution in [-0.4, -0.2) is 30.7 Å². The zero-order chi connectivity index (χ0) is 11.2. The van der Waals surface area contributed by atoms with Gasteiger partial charge in [-0.3, -0.25) is 9.35 Å². The highest BCUT2D eigenvalue weighted by atomic mass is 32.2. The lowest BCUT2D eigenvalue weighted by Gasteiger charge is -2.15. The molecular formula is C8H17NO4S. The van der Waals surface area contributed by atoms with Gasteiger partial charge in [-0.15, -0.1) is 0 Å². The maximum atomic E-state index is 10.7. The molecular weight excluding hydrogens is 206 g/mol. The molecule has 0 spiro atoms. The van der Waals surface area contributed by atoms with Crippen molar-refractivity contribution >= 4 is 16.0 Å². The van der Waals surface area contributed by atoms with E-state index in [4.69, 9.17) is 4.55 Å². The minimum Gasteiger partial charge on any atom is -0.352 e. The van der Waals surface area contributed by atoms with Crippen LogP contribution in [0, 0.1) is 0 Å². The van der Waals surface area contributed by atoms with Crippen molar-refractivity contribution in [2.75, 3.05) is 5.75 Å². The summed E-state index contributed by atoms with van der Waals surface area (Å²) in [4.78, 5) is 10.7. The number of carbonyl (C=O) groups is 1. The summed E-state index contributed by atoms with van der Waals surface area (Å²) in [5.74, 6) is -0.693. The summed E-state index contributed by atoms with van der Waals surface area (Å²) in [7, 11) is -4.01. The van der Waals surface area contributed by atoms with Gasteiger partial charge in [0.1, 0.15) is 0 Å². The number of rotatable bonds is 6. The number of unbranched alkanes of at least 4 members (excludes halogenated alkanes) is 1. The topological polar surface area (TPSA) is 83.5 Å². The molecule has 1 amide bonds. The number of hydrogen-bond acceptors (Lipinski definition) is 3. The summed E-state index contributed by atoms with van der Waals surface area (Å²) in [5.41, 5.74) is 0. The fourth-order valence-electron chi connectivity index (χ4n) is 1.19. The van der Waals surface area contributed by atoms with Gasteiger partial charge in [-0.2, -0.15) is 8.42 Å². The molecule has 0 saturated heterocycles. The zero-order valence-corrected chi connectivity index (χ0v) is 9.30. The molecule has 0 aromatic rings. The molecule has 0 fully saturated rings. The molecule has 84 valence electrons. The van der Waals surface area contributed by atoms with E-state index in [-0.39, 0.29) is 5.91 Å². The molecule has 0 saturated carbocycles. The predicted octanol–water partition coefficient (Wildman–Crippen LogP) is 0.569. The normalized spacial score (nSPS) is 13.6. The quantitative estimate of drug-likeness (QED) is 0.645. The molecule has 0 rings (SSSR count). The molecule has 0 bridgehead atoms. The lowest BCUT2D eigenvalue weighted by molar-refractivity contribution is -0.119. The smallest absolute Gasteiger partial charge is 0.266 e. The first-order valence-electron chi connectivity index (χ1n) is 4.57. The number of hydrogen-bond donors (Lipinski definition) is 2. The van der Waals surface area contributed by atoms with Crippen LogP contribution in [0.5, 0.6) is 0 Å². The van der Waals surface area contributed by atoms with Gasteiger partial charge in [0.05, 0.1) is 5.75 Å². The van der Waals surface area contributed by atoms with Gasteiger partial charge in [-0.25, -0.2) is 0 Å². The molecule has 6 heteroatoms. The van der Waals surface area contributed by atoms with Crippen LogP contribution in [0.25, 0.3) is 0 Å². The number of nitrogens with one attached hydrogen (secondary N) is 1. The lowest BCUT2D eigenvalue weighted by Crippen LogP contribution is -2.38. The Morgan fingerprint density at radius 3 is 2.43 bits per heavy atom. The first kappa shape index (κ1) is 13.4. The average Bonchev–Trinajstić information content (AvgIpc) is 1.96. The van der Waals surface area contributed by atoms with Gasteiger partial charge in [0, 0.05) is 13.0 Å². The Bertz CT molecular complexity index is 273. The molecule has 5 nitrogen and oxygen atoms in total. The maximum absolute atomic E-state index is 10.7. The van der Waals surface area contributed by atoms with E-state index in [0.29, 0.717) is 6.42 Å². The van der Waals surface area contributed by atoms with Crippen molar-refractivity contribution in [1.29, 1.82) is 0 Å². The second-order valence-corrected chi connectivity index (χ2v) is 4.79. The maximum Gasteiger partial charge on any atom is 0.266 e. The van der Waals surface area contributed by atoms with Crippen molar-refractivity contribution in [3.63, 3.8) is 0 Å². The SMILES string of the molecule is CCCCC(CS(=O)(=O)O)NC(C)=O. The highest BCUT2D eigenvalue weighted by Gasteiger charge is 2.16. The second kappa shape index (κ2) is 5.98. The third-order valence-electron chi connectivity index (χ3n) is 1.73. The van der Waals surface area contributed by atoms with Crippen LogP contribution >= 0.6 is 0 Å². The summed E-state index contributed by atoms with van der Waals surface area (Å²) in [6.07, 6.45) is 2.30. The summed E-state index contributed by atoms with van der Waals surface area (Å²) in [5, 5.41) is 2.49. The Morgan fingerprint density at radius 2 is 2.07 bits per heavy atom. The van der Waals surface area contributed by atoms with Crippen molar-refractivity contribution in [3.8, 4) is 0 Å². The monoisotopic (exact) mass is 223 g/mol. The van der Waals surface area contributed by atoms with E-state index in [1.54, 1.807) is 0 Å². The lowest BCUT2D eigenvalue weighted by atomic mass is 10.1. The molecule has 0 aromatic heterocycles. The Kier molecular flexibility index (Phi) is 5.71. The van der Waals surface area contributed by atoms with Gasteiger partial charge < -0.3 is 5.32 Å². The number of carbonyl (C=O) groups excluding carboxylic acids is 1. The van der Waals surface area contributed by atoms with E-state index in [1.807, 2.05) is 6.92 Å². The van der Waals surface area contributed by atoms with Crippen molar-refractivity contribution in [2.24, 2.45) is 0 Å². The fourth-order valence-corrected chi connectivity index (χ4v) is 1.95. The Hall–Kier alpha value is -0.620. The summed E-state index contributed by atoms with van der Waals surface area (Å²) in [6.45, 7) is 3.29. The Labute approximate surface area is 84.6 Å². The van der Waals surface area contributed by atoms with E-state index in [9.17, 15) is 13.2 Å². The molecule has 0 aliphatic heterocycles. The van der Waals surface area contributed by atoms with E-state index >= 15 is 0 Å². The fraction of sp³-hybridized carbons (Fsp3) is 0.875. The van der Waals surface area contributed by atoms with Gasteiger partial charge in [0.15, 0.2) is 0 Å². The van der Waals surface area contributed by atoms with Crippen molar-refractivity contribution in [1.82, 2.24) is 5.32 Å². The standard InChI is InChI=1S/C8H17NO4S/c1-3-4-5-8(9-7(2)10)6-14(11,12)13/h8H,3-6H2,1-2H3,(H,9,10)(H,11,12,13). The van der Waals surface area contributed by atoms with Crippen LogP contribution in [0.4, 0.5) is 0 Å². The third kappa shape index (κ3) is 8.00. The first-order valence-corrected chi connectivity index (χ1v) is 6.18. The largest absolute Gasteiger partial charge is 0.352 e. The summed E-state index contributed by atoms with van der Waals surface area (Å²) >= 11 is 0. The summed E-state index contributed by atoms with van der Waals surface area (Å²) < 4.78 is 29.8. The van der Waals surface area contributed by atoms with Crippen molar-refractivity contribution in [3.05, 3.63) is 0 Å². The van der Waals surface area contributed by atoms with Crippen molar-refractivity contribution < 1.29 is 17.8 Å². The van der Waals surface area contributed by atoms with Gasteiger partial charge in [0.2, 0.25) is 5.91 Å². The highest BCUT2D eigenvalue weighted by molar-refractivity contribution is 7.85. The molecule has 2 N–H and O–H groups in total. The van der Waals surface area contributed by atoms with Crippen LogP contribution in [0.1, 0.15) is 33.1 Å². The average molecular weight is 223 g/mol. The molecule has 1 unspecified atom stereocenters. The molecule has 0 aromatic carbocycles. The van der Waals surface area contributed by atoms with E-state index < -0.39 is 21.9 Å². The predicted molar refractivity (Wildman–Crippen MR) is 53.5 cm³/mol. The van der Waals surface area contributed by atoms with Gasteiger partial charge in [-0.1, -0.05) is 19.8 Å². The van der Waals surface area contributed by atoms with Crippen LogP contribution in [0.15, 0.2) is 0 Å². The van der Waals surface area contributed by atoms with Crippen LogP contribution in [-0.2, 0) is 14.9 Å². The molecule has 0 radical (unpaired) electrons. The van der Waals surface area contributed by atoms with Crippen LogP contribution < -0.4 is 5.32 Å². The van der Waals surface area contributed by atoms with Crippen molar-refractivity contribution in [2.45, 2.75) is 39.2 Å².